The Morgan fingerprint density at radius 2 is 0.869 bits per heavy atom. The molecule has 1 heteroatoms. The molecule has 0 amide bonds. The van der Waals surface area contributed by atoms with E-state index in [1.807, 2.05) is 0 Å². The highest BCUT2D eigenvalue weighted by atomic mass is 15.1. The number of rotatable bonds is 7. The minimum absolute atomic E-state index is 0.0881. The lowest BCUT2D eigenvalue weighted by atomic mass is 9.71. The van der Waals surface area contributed by atoms with E-state index in [0.717, 1.165) is 17.1 Å². The Labute approximate surface area is 360 Å². The van der Waals surface area contributed by atoms with Crippen LogP contribution in [0, 0.1) is 0 Å². The predicted molar refractivity (Wildman–Crippen MR) is 258 cm³/mol. The zero-order chi connectivity index (χ0) is 41.5. The Morgan fingerprint density at radius 3 is 1.57 bits per heavy atom. The van der Waals surface area contributed by atoms with Crippen molar-refractivity contribution < 1.29 is 0 Å². The molecule has 9 aromatic rings. The molecule has 0 aliphatic heterocycles. The van der Waals surface area contributed by atoms with Gasteiger partial charge in [-0.15, -0.1) is 0 Å². The first-order chi connectivity index (χ1) is 29.7. The third-order valence-electron chi connectivity index (χ3n) is 14.3. The first kappa shape index (κ1) is 37.1. The van der Waals surface area contributed by atoms with Crippen molar-refractivity contribution in [3.05, 3.63) is 245 Å². The van der Waals surface area contributed by atoms with Gasteiger partial charge in [0, 0.05) is 33.2 Å². The van der Waals surface area contributed by atoms with Crippen molar-refractivity contribution in [2.24, 2.45) is 0 Å². The van der Waals surface area contributed by atoms with E-state index in [9.17, 15) is 0 Å². The Hall–Kier alpha value is -6.96. The molecule has 0 saturated carbocycles. The average molecular weight is 784 g/mol. The number of benzene rings is 9. The second-order valence-electron chi connectivity index (χ2n) is 18.2. The molecule has 2 aliphatic rings. The standard InChI is InChI=1S/C60H49N/c1-58(2)51-28-16-14-25-47(51)50-39-45(36-37-53(50)58)61(44-34-32-43(33-35-44)60(5,41-20-8-6-9-21-41)42-22-10-7-11-23-42)55-38-31-40-19-12-13-24-46(40)57(55)49-27-18-30-54-56(49)48-26-15-17-29-52(48)59(54,3)4/h6-39H,1-5H3. The van der Waals surface area contributed by atoms with Crippen LogP contribution in [0.1, 0.15) is 73.6 Å². The van der Waals surface area contributed by atoms with Gasteiger partial charge in [-0.3, -0.25) is 0 Å². The molecule has 0 bridgehead atoms. The lowest BCUT2D eigenvalue weighted by Gasteiger charge is -2.33. The fraction of sp³-hybridized carbons (Fsp3) is 0.133. The molecule has 9 aromatic carbocycles. The Bertz CT molecular complexity index is 3090. The van der Waals surface area contributed by atoms with Gasteiger partial charge in [0.25, 0.3) is 0 Å². The van der Waals surface area contributed by atoms with E-state index in [2.05, 4.69) is 246 Å². The van der Waals surface area contributed by atoms with Crippen molar-refractivity contribution in [1.29, 1.82) is 0 Å². The van der Waals surface area contributed by atoms with Gasteiger partial charge >= 0.3 is 0 Å². The Kier molecular flexibility index (Phi) is 8.38. The monoisotopic (exact) mass is 783 g/mol. The van der Waals surface area contributed by atoms with E-state index in [1.165, 1.54) is 83.1 Å². The molecular weight excluding hydrogens is 735 g/mol. The van der Waals surface area contributed by atoms with Crippen LogP contribution in [0.2, 0.25) is 0 Å². The summed E-state index contributed by atoms with van der Waals surface area (Å²) in [6, 6.07) is 77.0. The van der Waals surface area contributed by atoms with Gasteiger partial charge in [-0.05, 0) is 115 Å². The normalized spacial score (nSPS) is 14.2. The Morgan fingerprint density at radius 1 is 0.361 bits per heavy atom. The number of nitrogens with zero attached hydrogens (tertiary/aromatic N) is 1. The summed E-state index contributed by atoms with van der Waals surface area (Å²) < 4.78 is 0. The molecule has 0 spiro atoms. The highest BCUT2D eigenvalue weighted by molar-refractivity contribution is 6.09. The summed E-state index contributed by atoms with van der Waals surface area (Å²) in [7, 11) is 0. The maximum Gasteiger partial charge on any atom is 0.0546 e. The first-order valence-corrected chi connectivity index (χ1v) is 21.7. The second kappa shape index (κ2) is 13.8. The van der Waals surface area contributed by atoms with E-state index in [0.29, 0.717) is 0 Å². The van der Waals surface area contributed by atoms with E-state index < -0.39 is 0 Å². The van der Waals surface area contributed by atoms with Crippen molar-refractivity contribution in [2.45, 2.75) is 50.9 Å². The third-order valence-corrected chi connectivity index (χ3v) is 14.3. The highest BCUT2D eigenvalue weighted by Crippen LogP contribution is 2.56. The van der Waals surface area contributed by atoms with Crippen LogP contribution in [0.15, 0.2) is 206 Å². The zero-order valence-corrected chi connectivity index (χ0v) is 35.6. The minimum Gasteiger partial charge on any atom is -0.310 e. The molecule has 61 heavy (non-hydrogen) atoms. The SMILES string of the molecule is CC1(C)c2ccccc2-c2cc(N(c3ccc(C(C)(c4ccccc4)c4ccccc4)cc3)c3ccc4ccccc4c3-c3cccc4c3-c3ccccc3C4(C)C)ccc21. The van der Waals surface area contributed by atoms with E-state index in [4.69, 9.17) is 0 Å². The van der Waals surface area contributed by atoms with Gasteiger partial charge in [0.2, 0.25) is 0 Å². The van der Waals surface area contributed by atoms with Crippen molar-refractivity contribution in [3.63, 3.8) is 0 Å². The zero-order valence-electron chi connectivity index (χ0n) is 35.6. The van der Waals surface area contributed by atoms with Crippen LogP contribution in [0.4, 0.5) is 17.1 Å². The van der Waals surface area contributed by atoms with E-state index in [1.54, 1.807) is 0 Å². The number of anilines is 3. The molecule has 0 heterocycles. The van der Waals surface area contributed by atoms with Gasteiger partial charge in [0.15, 0.2) is 0 Å². The van der Waals surface area contributed by atoms with Gasteiger partial charge < -0.3 is 4.90 Å². The van der Waals surface area contributed by atoms with Gasteiger partial charge in [0.05, 0.1) is 5.69 Å². The van der Waals surface area contributed by atoms with Crippen molar-refractivity contribution in [1.82, 2.24) is 0 Å². The summed E-state index contributed by atoms with van der Waals surface area (Å²) in [6.45, 7) is 11.8. The molecule has 0 saturated heterocycles. The molecular formula is C60H49N. The molecule has 294 valence electrons. The summed E-state index contributed by atoms with van der Waals surface area (Å²) >= 11 is 0. The molecule has 2 aliphatic carbocycles. The molecule has 0 aromatic heterocycles. The van der Waals surface area contributed by atoms with Crippen LogP contribution >= 0.6 is 0 Å². The molecule has 0 atom stereocenters. The lowest BCUT2D eigenvalue weighted by Crippen LogP contribution is -2.25. The average Bonchev–Trinajstić information content (AvgIpc) is 3.69. The van der Waals surface area contributed by atoms with Gasteiger partial charge in [-0.25, -0.2) is 0 Å². The summed E-state index contributed by atoms with van der Waals surface area (Å²) in [5.41, 5.74) is 19.9. The summed E-state index contributed by atoms with van der Waals surface area (Å²) in [5, 5.41) is 2.47. The molecule has 0 N–H and O–H groups in total. The largest absolute Gasteiger partial charge is 0.310 e. The number of hydrogen-bond acceptors (Lipinski definition) is 1. The topological polar surface area (TPSA) is 3.24 Å². The summed E-state index contributed by atoms with van der Waals surface area (Å²) in [5.74, 6) is 0. The van der Waals surface area contributed by atoms with Crippen LogP contribution in [-0.4, -0.2) is 0 Å². The van der Waals surface area contributed by atoms with Gasteiger partial charge in [0.1, 0.15) is 0 Å². The fourth-order valence-electron chi connectivity index (χ4n) is 11.0. The van der Waals surface area contributed by atoms with Crippen LogP contribution < -0.4 is 4.90 Å². The van der Waals surface area contributed by atoms with Crippen molar-refractivity contribution in [3.8, 4) is 33.4 Å². The third kappa shape index (κ3) is 5.53. The predicted octanol–water partition coefficient (Wildman–Crippen LogP) is 15.9. The van der Waals surface area contributed by atoms with Crippen LogP contribution in [0.5, 0.6) is 0 Å². The minimum atomic E-state index is -0.354. The van der Waals surface area contributed by atoms with Crippen molar-refractivity contribution in [2.75, 3.05) is 4.90 Å². The smallest absolute Gasteiger partial charge is 0.0546 e. The van der Waals surface area contributed by atoms with Crippen LogP contribution in [0.3, 0.4) is 0 Å². The lowest BCUT2D eigenvalue weighted by molar-refractivity contribution is 0.660. The van der Waals surface area contributed by atoms with E-state index >= 15 is 0 Å². The molecule has 1 nitrogen and oxygen atoms in total. The second-order valence-corrected chi connectivity index (χ2v) is 18.2. The quantitative estimate of drug-likeness (QED) is 0.146. The molecule has 0 fully saturated rings. The van der Waals surface area contributed by atoms with E-state index in [-0.39, 0.29) is 16.2 Å². The van der Waals surface area contributed by atoms with Gasteiger partial charge in [-0.1, -0.05) is 204 Å². The number of fused-ring (bicyclic) bond motifs is 7. The van der Waals surface area contributed by atoms with Crippen molar-refractivity contribution >= 4 is 27.8 Å². The molecule has 0 radical (unpaired) electrons. The fourth-order valence-corrected chi connectivity index (χ4v) is 11.0. The maximum atomic E-state index is 2.52. The Balaban J connectivity index is 1.18. The molecule has 11 rings (SSSR count). The van der Waals surface area contributed by atoms with Crippen LogP contribution in [-0.2, 0) is 16.2 Å². The summed E-state index contributed by atoms with van der Waals surface area (Å²) in [4.78, 5) is 2.52. The molecule has 0 unspecified atom stereocenters. The number of hydrogen-bond donors (Lipinski definition) is 0. The first-order valence-electron chi connectivity index (χ1n) is 21.7. The van der Waals surface area contributed by atoms with Gasteiger partial charge in [-0.2, -0.15) is 0 Å². The maximum absolute atomic E-state index is 2.52. The van der Waals surface area contributed by atoms with Crippen LogP contribution in [0.25, 0.3) is 44.2 Å². The summed E-state index contributed by atoms with van der Waals surface area (Å²) in [6.07, 6.45) is 0. The highest BCUT2D eigenvalue weighted by Gasteiger charge is 2.39.